The number of hydrogen-bond acceptors (Lipinski definition) is 3. The van der Waals surface area contributed by atoms with Gasteiger partial charge >= 0.3 is 0 Å². The van der Waals surface area contributed by atoms with E-state index in [-0.39, 0.29) is 29.0 Å². The normalized spacial score (nSPS) is 17.7. The van der Waals surface area contributed by atoms with Gasteiger partial charge in [-0.1, -0.05) is 12.1 Å². The Balaban J connectivity index is 2.08. The van der Waals surface area contributed by atoms with Crippen molar-refractivity contribution in [2.75, 3.05) is 13.7 Å². The predicted molar refractivity (Wildman–Crippen MR) is 85.4 cm³/mol. The molecule has 2 aromatic rings. The highest BCUT2D eigenvalue weighted by molar-refractivity contribution is 5.98. The summed E-state index contributed by atoms with van der Waals surface area (Å²) in [6.07, 6.45) is 2.59. The number of amides is 1. The first-order chi connectivity index (χ1) is 10.5. The summed E-state index contributed by atoms with van der Waals surface area (Å²) in [4.78, 5) is 25.0. The van der Waals surface area contributed by atoms with Crippen LogP contribution in [0.4, 0.5) is 0 Å². The summed E-state index contributed by atoms with van der Waals surface area (Å²) in [5.74, 6) is -0.343. The van der Waals surface area contributed by atoms with Gasteiger partial charge in [0.2, 0.25) is 5.43 Å². The quantitative estimate of drug-likeness (QED) is 0.938. The van der Waals surface area contributed by atoms with Crippen molar-refractivity contribution in [3.63, 3.8) is 0 Å². The van der Waals surface area contributed by atoms with Gasteiger partial charge < -0.3 is 14.6 Å². The number of nitrogens with zero attached hydrogens (tertiary/aromatic N) is 1. The summed E-state index contributed by atoms with van der Waals surface area (Å²) < 4.78 is 7.06. The Morgan fingerprint density at radius 1 is 1.50 bits per heavy atom. The van der Waals surface area contributed by atoms with Crippen LogP contribution in [0.15, 0.2) is 29.2 Å². The van der Waals surface area contributed by atoms with Crippen molar-refractivity contribution in [3.8, 4) is 0 Å². The van der Waals surface area contributed by atoms with Crippen LogP contribution in [0.2, 0.25) is 0 Å². The molecule has 22 heavy (non-hydrogen) atoms. The zero-order valence-corrected chi connectivity index (χ0v) is 13.1. The van der Waals surface area contributed by atoms with Crippen molar-refractivity contribution in [3.05, 3.63) is 45.7 Å². The number of carbonyl (C=O) groups excluding carboxylic acids is 1. The standard InChI is InChI=1S/C17H20N2O3/c1-10(9-22-3)18-17(21)14-8-19-11(2)7-12-5-4-6-13(15(12)19)16(14)20/h4-6,8,10-11H,7,9H2,1-3H3,(H,18,21)/t10-,11+/m0/s1. The van der Waals surface area contributed by atoms with Crippen molar-refractivity contribution >= 4 is 16.8 Å². The third-order valence-electron chi connectivity index (χ3n) is 4.16. The summed E-state index contributed by atoms with van der Waals surface area (Å²) >= 11 is 0. The van der Waals surface area contributed by atoms with Gasteiger partial charge in [-0.2, -0.15) is 0 Å². The van der Waals surface area contributed by atoms with Gasteiger partial charge in [-0.05, 0) is 31.9 Å². The summed E-state index contributed by atoms with van der Waals surface area (Å²) in [7, 11) is 1.58. The maximum atomic E-state index is 12.6. The third kappa shape index (κ3) is 2.31. The largest absolute Gasteiger partial charge is 0.383 e. The molecule has 1 amide bonds. The van der Waals surface area contributed by atoms with Gasteiger partial charge in [-0.15, -0.1) is 0 Å². The van der Waals surface area contributed by atoms with Gasteiger partial charge in [0.15, 0.2) is 0 Å². The molecule has 1 aliphatic heterocycles. The maximum Gasteiger partial charge on any atom is 0.257 e. The van der Waals surface area contributed by atoms with E-state index in [1.54, 1.807) is 19.4 Å². The van der Waals surface area contributed by atoms with E-state index in [9.17, 15) is 9.59 Å². The van der Waals surface area contributed by atoms with Crippen LogP contribution in [0, 0.1) is 0 Å². The second-order valence-corrected chi connectivity index (χ2v) is 5.98. The molecule has 0 unspecified atom stereocenters. The lowest BCUT2D eigenvalue weighted by molar-refractivity contribution is 0.0904. The van der Waals surface area contributed by atoms with E-state index in [4.69, 9.17) is 4.74 Å². The molecule has 1 aromatic carbocycles. The molecule has 2 atom stereocenters. The second-order valence-electron chi connectivity index (χ2n) is 5.98. The number of carbonyl (C=O) groups is 1. The van der Waals surface area contributed by atoms with Crippen molar-refractivity contribution in [1.82, 2.24) is 9.88 Å². The zero-order chi connectivity index (χ0) is 15.9. The van der Waals surface area contributed by atoms with Crippen LogP contribution in [0.25, 0.3) is 10.9 Å². The zero-order valence-electron chi connectivity index (χ0n) is 13.1. The summed E-state index contributed by atoms with van der Waals surface area (Å²) in [5, 5.41) is 3.43. The fourth-order valence-corrected chi connectivity index (χ4v) is 3.17. The van der Waals surface area contributed by atoms with Gasteiger partial charge in [-0.3, -0.25) is 9.59 Å². The van der Waals surface area contributed by atoms with Gasteiger partial charge in [0, 0.05) is 30.8 Å². The monoisotopic (exact) mass is 300 g/mol. The molecule has 1 aromatic heterocycles. The van der Waals surface area contributed by atoms with Crippen molar-refractivity contribution in [1.29, 1.82) is 0 Å². The SMILES string of the molecule is COC[C@H](C)NC(=O)c1cn2c3c(cccc3c1=O)C[C@H]2C. The van der Waals surface area contributed by atoms with Gasteiger partial charge in [0.25, 0.3) is 5.91 Å². The summed E-state index contributed by atoms with van der Waals surface area (Å²) in [6, 6.07) is 5.84. The average molecular weight is 300 g/mol. The Morgan fingerprint density at radius 2 is 2.27 bits per heavy atom. The predicted octanol–water partition coefficient (Wildman–Crippen LogP) is 1.88. The number of rotatable bonds is 4. The molecule has 5 heteroatoms. The number of aromatic nitrogens is 1. The van der Waals surface area contributed by atoms with Crippen LogP contribution in [-0.2, 0) is 11.2 Å². The van der Waals surface area contributed by atoms with Crippen LogP contribution >= 0.6 is 0 Å². The molecule has 0 spiro atoms. The van der Waals surface area contributed by atoms with E-state index in [0.29, 0.717) is 12.0 Å². The van der Waals surface area contributed by atoms with Crippen LogP contribution in [0.1, 0.15) is 35.8 Å². The van der Waals surface area contributed by atoms with Crippen LogP contribution in [-0.4, -0.2) is 30.2 Å². The number of pyridine rings is 1. The maximum absolute atomic E-state index is 12.6. The van der Waals surface area contributed by atoms with Gasteiger partial charge in [-0.25, -0.2) is 0 Å². The third-order valence-corrected chi connectivity index (χ3v) is 4.16. The molecule has 0 aliphatic carbocycles. The Hall–Kier alpha value is -2.14. The number of methoxy groups -OCH3 is 1. The van der Waals surface area contributed by atoms with Gasteiger partial charge in [0.1, 0.15) is 5.56 Å². The minimum atomic E-state index is -0.343. The van der Waals surface area contributed by atoms with Crippen LogP contribution < -0.4 is 10.7 Å². The lowest BCUT2D eigenvalue weighted by atomic mass is 10.1. The Kier molecular flexibility index (Phi) is 3.74. The molecule has 0 bridgehead atoms. The first kappa shape index (κ1) is 14.8. The molecular formula is C17H20N2O3. The fourth-order valence-electron chi connectivity index (χ4n) is 3.17. The lowest BCUT2D eigenvalue weighted by Gasteiger charge is -2.15. The lowest BCUT2D eigenvalue weighted by Crippen LogP contribution is -2.38. The van der Waals surface area contributed by atoms with Crippen LogP contribution in [0.5, 0.6) is 0 Å². The molecule has 0 fully saturated rings. The minimum absolute atomic E-state index is 0.144. The number of nitrogens with one attached hydrogen (secondary N) is 1. The molecule has 1 aliphatic rings. The van der Waals surface area contributed by atoms with Crippen molar-refractivity contribution in [2.24, 2.45) is 0 Å². The van der Waals surface area contributed by atoms with Crippen molar-refractivity contribution < 1.29 is 9.53 Å². The second kappa shape index (κ2) is 5.57. The van der Waals surface area contributed by atoms with E-state index in [1.807, 2.05) is 23.6 Å². The van der Waals surface area contributed by atoms with Gasteiger partial charge in [0.05, 0.1) is 12.1 Å². The smallest absolute Gasteiger partial charge is 0.257 e. The molecule has 0 radical (unpaired) electrons. The minimum Gasteiger partial charge on any atom is -0.383 e. The highest BCUT2D eigenvalue weighted by Gasteiger charge is 2.24. The molecule has 116 valence electrons. The van der Waals surface area contributed by atoms with E-state index in [2.05, 4.69) is 12.2 Å². The fraction of sp³-hybridized carbons (Fsp3) is 0.412. The number of benzene rings is 1. The van der Waals surface area contributed by atoms with E-state index in [1.165, 1.54) is 5.56 Å². The highest BCUT2D eigenvalue weighted by Crippen LogP contribution is 2.30. The van der Waals surface area contributed by atoms with Crippen molar-refractivity contribution in [2.45, 2.75) is 32.4 Å². The summed E-state index contributed by atoms with van der Waals surface area (Å²) in [6.45, 7) is 4.35. The molecule has 0 saturated heterocycles. The number of para-hydroxylation sites is 1. The molecule has 1 N–H and O–H groups in total. The van der Waals surface area contributed by atoms with E-state index in [0.717, 1.165) is 11.9 Å². The number of hydrogen-bond donors (Lipinski definition) is 1. The first-order valence-electron chi connectivity index (χ1n) is 7.49. The molecular weight excluding hydrogens is 280 g/mol. The topological polar surface area (TPSA) is 60.3 Å². The molecule has 0 saturated carbocycles. The average Bonchev–Trinajstić information content (AvgIpc) is 2.79. The molecule has 2 heterocycles. The summed E-state index contributed by atoms with van der Waals surface area (Å²) in [5.41, 5.74) is 2.12. The number of ether oxygens (including phenoxy) is 1. The molecule has 3 rings (SSSR count). The Bertz CT molecular complexity index is 794. The van der Waals surface area contributed by atoms with E-state index < -0.39 is 0 Å². The highest BCUT2D eigenvalue weighted by atomic mass is 16.5. The molecule has 5 nitrogen and oxygen atoms in total. The van der Waals surface area contributed by atoms with E-state index >= 15 is 0 Å². The van der Waals surface area contributed by atoms with Crippen LogP contribution in [0.3, 0.4) is 0 Å². The Labute approximate surface area is 128 Å². The first-order valence-corrected chi connectivity index (χ1v) is 7.49. The Morgan fingerprint density at radius 3 is 3.00 bits per heavy atom.